The van der Waals surface area contributed by atoms with Crippen molar-refractivity contribution in [2.45, 2.75) is 18.9 Å². The molecule has 0 aromatic carbocycles. The molecule has 0 amide bonds. The number of piperazine rings is 1. The molecular weight excluding hydrogens is 290 g/mol. The Morgan fingerprint density at radius 2 is 2.22 bits per heavy atom. The Hall–Kier alpha value is -0.710. The normalized spacial score (nSPS) is 18.5. The van der Waals surface area contributed by atoms with Crippen molar-refractivity contribution in [1.29, 1.82) is 0 Å². The molecule has 2 rings (SSSR count). The maximum atomic E-state index is 4.35. The topological polar surface area (TPSA) is 28.2 Å². The first kappa shape index (κ1) is 13.7. The Morgan fingerprint density at radius 1 is 1.44 bits per heavy atom. The number of hydrogen-bond acceptors (Lipinski definition) is 3. The van der Waals surface area contributed by atoms with Crippen LogP contribution in [-0.4, -0.2) is 36.1 Å². The lowest BCUT2D eigenvalue weighted by molar-refractivity contribution is 0.166. The third kappa shape index (κ3) is 3.64. The standard InChI is InChI=1S/C14H20BrN3/c1-2-3-4-13(18-9-7-16-8-10-18)12-5-6-14(15)17-11-12/h2,5-6,11,13,16H,1,3-4,7-10H2/t13-/m1/s1. The van der Waals surface area contributed by atoms with Crippen LogP contribution >= 0.6 is 15.9 Å². The second-order valence-corrected chi connectivity index (χ2v) is 5.39. The van der Waals surface area contributed by atoms with E-state index in [1.54, 1.807) is 0 Å². The molecule has 0 bridgehead atoms. The van der Waals surface area contributed by atoms with Gasteiger partial charge in [-0.05, 0) is 40.4 Å². The van der Waals surface area contributed by atoms with Gasteiger partial charge in [-0.25, -0.2) is 4.98 Å². The van der Waals surface area contributed by atoms with Crippen molar-refractivity contribution in [2.75, 3.05) is 26.2 Å². The molecule has 4 heteroatoms. The number of allylic oxidation sites excluding steroid dienone is 1. The fraction of sp³-hybridized carbons (Fsp3) is 0.500. The minimum atomic E-state index is 0.464. The molecule has 3 nitrogen and oxygen atoms in total. The lowest BCUT2D eigenvalue weighted by Crippen LogP contribution is -2.45. The number of halogens is 1. The quantitative estimate of drug-likeness (QED) is 0.669. The van der Waals surface area contributed by atoms with Crippen LogP contribution in [0.3, 0.4) is 0 Å². The van der Waals surface area contributed by atoms with Crippen molar-refractivity contribution >= 4 is 15.9 Å². The van der Waals surface area contributed by atoms with Gasteiger partial charge in [-0.2, -0.15) is 0 Å². The lowest BCUT2D eigenvalue weighted by atomic mass is 10.0. The van der Waals surface area contributed by atoms with Crippen molar-refractivity contribution in [3.05, 3.63) is 41.2 Å². The summed E-state index contributed by atoms with van der Waals surface area (Å²) in [6, 6.07) is 4.66. The van der Waals surface area contributed by atoms with E-state index < -0.39 is 0 Å². The summed E-state index contributed by atoms with van der Waals surface area (Å²) in [4.78, 5) is 6.90. The highest BCUT2D eigenvalue weighted by molar-refractivity contribution is 9.10. The monoisotopic (exact) mass is 309 g/mol. The minimum absolute atomic E-state index is 0.464. The van der Waals surface area contributed by atoms with Crippen molar-refractivity contribution in [2.24, 2.45) is 0 Å². The molecule has 0 unspecified atom stereocenters. The molecule has 0 spiro atoms. The van der Waals surface area contributed by atoms with Gasteiger partial charge in [-0.15, -0.1) is 6.58 Å². The SMILES string of the molecule is C=CCC[C@H](c1ccc(Br)nc1)N1CCNCC1. The van der Waals surface area contributed by atoms with E-state index in [-0.39, 0.29) is 0 Å². The maximum absolute atomic E-state index is 4.35. The zero-order valence-corrected chi connectivity index (χ0v) is 12.2. The van der Waals surface area contributed by atoms with Gasteiger partial charge in [0, 0.05) is 38.4 Å². The third-order valence-corrected chi connectivity index (χ3v) is 3.84. The summed E-state index contributed by atoms with van der Waals surface area (Å²) in [7, 11) is 0. The predicted octanol–water partition coefficient (Wildman–Crippen LogP) is 2.76. The maximum Gasteiger partial charge on any atom is 0.106 e. The lowest BCUT2D eigenvalue weighted by Gasteiger charge is -2.35. The van der Waals surface area contributed by atoms with Crippen LogP contribution in [0.15, 0.2) is 35.6 Å². The van der Waals surface area contributed by atoms with E-state index in [0.29, 0.717) is 6.04 Å². The number of nitrogens with zero attached hydrogens (tertiary/aromatic N) is 2. The van der Waals surface area contributed by atoms with Gasteiger partial charge in [0.1, 0.15) is 4.60 Å². The highest BCUT2D eigenvalue weighted by Crippen LogP contribution is 2.26. The summed E-state index contributed by atoms with van der Waals surface area (Å²) in [5.74, 6) is 0. The summed E-state index contributed by atoms with van der Waals surface area (Å²) in [5, 5.41) is 3.40. The largest absolute Gasteiger partial charge is 0.314 e. The highest BCUT2D eigenvalue weighted by Gasteiger charge is 2.21. The van der Waals surface area contributed by atoms with Crippen molar-refractivity contribution in [3.8, 4) is 0 Å². The number of nitrogens with one attached hydrogen (secondary N) is 1. The van der Waals surface area contributed by atoms with Gasteiger partial charge in [-0.1, -0.05) is 12.1 Å². The molecule has 18 heavy (non-hydrogen) atoms. The number of pyridine rings is 1. The molecule has 1 aromatic heterocycles. The van der Waals surface area contributed by atoms with Crippen LogP contribution in [0.4, 0.5) is 0 Å². The Balaban J connectivity index is 2.12. The first-order chi connectivity index (χ1) is 8.81. The fourth-order valence-corrected chi connectivity index (χ4v) is 2.65. The van der Waals surface area contributed by atoms with Crippen LogP contribution in [0.25, 0.3) is 0 Å². The second kappa shape index (κ2) is 7.02. The van der Waals surface area contributed by atoms with Crippen molar-refractivity contribution < 1.29 is 0 Å². The molecule has 98 valence electrons. The first-order valence-electron chi connectivity index (χ1n) is 6.48. The Labute approximate surface area is 117 Å². The molecule has 1 aromatic rings. The van der Waals surface area contributed by atoms with Crippen LogP contribution in [0.1, 0.15) is 24.4 Å². The van der Waals surface area contributed by atoms with E-state index in [0.717, 1.165) is 43.6 Å². The molecule has 1 aliphatic heterocycles. The third-order valence-electron chi connectivity index (χ3n) is 3.37. The van der Waals surface area contributed by atoms with E-state index in [2.05, 4.69) is 43.8 Å². The van der Waals surface area contributed by atoms with Crippen LogP contribution < -0.4 is 5.32 Å². The van der Waals surface area contributed by atoms with Gasteiger partial charge in [0.2, 0.25) is 0 Å². The number of aromatic nitrogens is 1. The zero-order valence-electron chi connectivity index (χ0n) is 10.6. The summed E-state index contributed by atoms with van der Waals surface area (Å²) < 4.78 is 0.897. The second-order valence-electron chi connectivity index (χ2n) is 4.58. The van der Waals surface area contributed by atoms with E-state index in [9.17, 15) is 0 Å². The number of hydrogen-bond donors (Lipinski definition) is 1. The average molecular weight is 310 g/mol. The molecular formula is C14H20BrN3. The molecule has 2 heterocycles. The van der Waals surface area contributed by atoms with Crippen LogP contribution in [0.5, 0.6) is 0 Å². The number of rotatable bonds is 5. The van der Waals surface area contributed by atoms with E-state index in [1.807, 2.05) is 18.3 Å². The minimum Gasteiger partial charge on any atom is -0.314 e. The van der Waals surface area contributed by atoms with Crippen molar-refractivity contribution in [3.63, 3.8) is 0 Å². The van der Waals surface area contributed by atoms with Gasteiger partial charge in [0.25, 0.3) is 0 Å². The molecule has 0 radical (unpaired) electrons. The smallest absolute Gasteiger partial charge is 0.106 e. The Kier molecular flexibility index (Phi) is 5.35. The van der Waals surface area contributed by atoms with E-state index in [4.69, 9.17) is 0 Å². The average Bonchev–Trinajstić information content (AvgIpc) is 2.42. The van der Waals surface area contributed by atoms with E-state index in [1.165, 1.54) is 5.56 Å². The summed E-state index contributed by atoms with van der Waals surface area (Å²) in [5.41, 5.74) is 1.31. The molecule has 0 aliphatic carbocycles. The molecule has 1 atom stereocenters. The molecule has 1 N–H and O–H groups in total. The van der Waals surface area contributed by atoms with Crippen molar-refractivity contribution in [1.82, 2.24) is 15.2 Å². The fourth-order valence-electron chi connectivity index (χ4n) is 2.41. The molecule has 0 saturated carbocycles. The molecule has 1 aliphatic rings. The summed E-state index contributed by atoms with van der Waals surface area (Å²) in [6.45, 7) is 8.21. The van der Waals surface area contributed by atoms with Crippen LogP contribution in [-0.2, 0) is 0 Å². The van der Waals surface area contributed by atoms with Crippen LogP contribution in [0, 0.1) is 0 Å². The highest BCUT2D eigenvalue weighted by atomic mass is 79.9. The van der Waals surface area contributed by atoms with Gasteiger partial charge in [0.05, 0.1) is 0 Å². The Morgan fingerprint density at radius 3 is 2.83 bits per heavy atom. The Bertz CT molecular complexity index is 371. The first-order valence-corrected chi connectivity index (χ1v) is 7.27. The summed E-state index contributed by atoms with van der Waals surface area (Å²) in [6.07, 6.45) is 6.15. The molecule has 1 fully saturated rings. The van der Waals surface area contributed by atoms with Gasteiger partial charge < -0.3 is 5.32 Å². The predicted molar refractivity (Wildman–Crippen MR) is 78.6 cm³/mol. The zero-order chi connectivity index (χ0) is 12.8. The van der Waals surface area contributed by atoms with Gasteiger partial charge >= 0.3 is 0 Å². The van der Waals surface area contributed by atoms with Gasteiger partial charge in [-0.3, -0.25) is 4.90 Å². The molecule has 1 saturated heterocycles. The summed E-state index contributed by atoms with van der Waals surface area (Å²) >= 11 is 3.39. The van der Waals surface area contributed by atoms with E-state index >= 15 is 0 Å². The van der Waals surface area contributed by atoms with Gasteiger partial charge in [0.15, 0.2) is 0 Å². The van der Waals surface area contributed by atoms with Crippen LogP contribution in [0.2, 0.25) is 0 Å².